The van der Waals surface area contributed by atoms with Crippen molar-refractivity contribution in [3.05, 3.63) is 49.1 Å². The molecule has 0 aromatic carbocycles. The molecule has 0 spiro atoms. The quantitative estimate of drug-likeness (QED) is 0.529. The van der Waals surface area contributed by atoms with Crippen LogP contribution >= 0.6 is 0 Å². The van der Waals surface area contributed by atoms with Crippen LogP contribution in [-0.4, -0.2) is 36.0 Å². The van der Waals surface area contributed by atoms with Crippen molar-refractivity contribution in [2.75, 3.05) is 20.2 Å². The van der Waals surface area contributed by atoms with Gasteiger partial charge in [-0.05, 0) is 31.5 Å². The lowest BCUT2D eigenvalue weighted by Crippen LogP contribution is -2.23. The largest absolute Gasteiger partial charge is 0.461 e. The third-order valence-corrected chi connectivity index (χ3v) is 3.11. The fourth-order valence-corrected chi connectivity index (χ4v) is 1.76. The van der Waals surface area contributed by atoms with Crippen molar-refractivity contribution >= 4 is 5.97 Å². The van der Waals surface area contributed by atoms with Crippen molar-refractivity contribution in [2.24, 2.45) is 5.92 Å². The second-order valence-corrected chi connectivity index (χ2v) is 4.59. The van der Waals surface area contributed by atoms with Crippen molar-refractivity contribution in [1.82, 2.24) is 9.80 Å². The maximum absolute atomic E-state index is 12.1. The summed E-state index contributed by atoms with van der Waals surface area (Å²) in [4.78, 5) is 15.8. The van der Waals surface area contributed by atoms with Crippen LogP contribution in [0.4, 0.5) is 0 Å². The van der Waals surface area contributed by atoms with Crippen molar-refractivity contribution in [3.8, 4) is 0 Å². The number of likely N-dealkylation sites (N-methyl/N-ethyl adjacent to an activating group) is 1. The molecule has 0 unspecified atom stereocenters. The van der Waals surface area contributed by atoms with Crippen LogP contribution in [0.15, 0.2) is 49.1 Å². The molecule has 0 aromatic rings. The summed E-state index contributed by atoms with van der Waals surface area (Å²) in [7, 11) is 1.90. The maximum Gasteiger partial charge on any atom is 0.355 e. The first-order valence-corrected chi connectivity index (χ1v) is 6.97. The van der Waals surface area contributed by atoms with Crippen molar-refractivity contribution in [1.29, 1.82) is 0 Å². The number of carbonyl (C=O) groups excluding carboxylic acids is 1. The van der Waals surface area contributed by atoms with Crippen LogP contribution in [0.3, 0.4) is 0 Å². The number of allylic oxidation sites excluding steroid dienone is 2. The molecule has 110 valence electrons. The zero-order valence-corrected chi connectivity index (χ0v) is 12.6. The highest BCUT2D eigenvalue weighted by Gasteiger charge is 2.17. The molecule has 1 heterocycles. The lowest BCUT2D eigenvalue weighted by molar-refractivity contribution is -0.139. The van der Waals surface area contributed by atoms with E-state index in [9.17, 15) is 4.79 Å². The topological polar surface area (TPSA) is 32.8 Å². The Morgan fingerprint density at radius 2 is 2.05 bits per heavy atom. The predicted molar refractivity (Wildman–Crippen MR) is 81.4 cm³/mol. The number of hydrogen-bond donors (Lipinski definition) is 0. The van der Waals surface area contributed by atoms with Gasteiger partial charge in [-0.1, -0.05) is 25.7 Å². The Kier molecular flexibility index (Phi) is 6.64. The molecule has 0 aliphatic carbocycles. The first-order valence-electron chi connectivity index (χ1n) is 6.97. The Morgan fingerprint density at radius 3 is 2.55 bits per heavy atom. The number of carbonyl (C=O) groups is 1. The zero-order chi connectivity index (χ0) is 15.0. The smallest absolute Gasteiger partial charge is 0.355 e. The van der Waals surface area contributed by atoms with Gasteiger partial charge in [-0.2, -0.15) is 0 Å². The number of rotatable bonds is 7. The van der Waals surface area contributed by atoms with Gasteiger partial charge in [0.25, 0.3) is 0 Å². The molecule has 0 N–H and O–H groups in total. The minimum atomic E-state index is -0.311. The molecular formula is C16H24N2O2. The molecule has 1 aliphatic heterocycles. The summed E-state index contributed by atoms with van der Waals surface area (Å²) in [5, 5.41) is 0. The van der Waals surface area contributed by atoms with Crippen molar-refractivity contribution in [3.63, 3.8) is 0 Å². The van der Waals surface area contributed by atoms with E-state index in [-0.39, 0.29) is 5.97 Å². The van der Waals surface area contributed by atoms with Crippen LogP contribution in [0.25, 0.3) is 0 Å². The molecule has 0 bridgehead atoms. The molecule has 0 aromatic heterocycles. The molecule has 4 nitrogen and oxygen atoms in total. The van der Waals surface area contributed by atoms with E-state index in [1.54, 1.807) is 18.0 Å². The number of esters is 1. The van der Waals surface area contributed by atoms with Gasteiger partial charge in [-0.15, -0.1) is 0 Å². The maximum atomic E-state index is 12.1. The zero-order valence-electron chi connectivity index (χ0n) is 12.6. The highest BCUT2D eigenvalue weighted by molar-refractivity contribution is 5.88. The standard InChI is InChI=1S/C16H24N2O2/c1-5-14-8-12-18(13-9-14)15(16(19)20-7-3)10-11-17(4)6-2/h6,8-10,12-14H,2,5,7,11H2,1,3-4H3/b15-10+. The van der Waals surface area contributed by atoms with Gasteiger partial charge in [-0.25, -0.2) is 4.79 Å². The van der Waals surface area contributed by atoms with E-state index in [1.807, 2.05) is 30.4 Å². The van der Waals surface area contributed by atoms with E-state index in [2.05, 4.69) is 25.7 Å². The normalized spacial score (nSPS) is 15.3. The third kappa shape index (κ3) is 4.61. The number of nitrogens with zero attached hydrogens (tertiary/aromatic N) is 2. The van der Waals surface area contributed by atoms with Gasteiger partial charge in [0.2, 0.25) is 0 Å². The van der Waals surface area contributed by atoms with Gasteiger partial charge in [0.05, 0.1) is 6.61 Å². The molecule has 4 heteroatoms. The molecule has 1 rings (SSSR count). The molecule has 20 heavy (non-hydrogen) atoms. The van der Waals surface area contributed by atoms with Crippen LogP contribution in [0, 0.1) is 5.92 Å². The summed E-state index contributed by atoms with van der Waals surface area (Å²) in [6, 6.07) is 0. The van der Waals surface area contributed by atoms with Gasteiger partial charge in [0, 0.05) is 26.0 Å². The van der Waals surface area contributed by atoms with E-state index in [1.165, 1.54) is 0 Å². The molecule has 1 aliphatic rings. The fourth-order valence-electron chi connectivity index (χ4n) is 1.76. The molecule has 0 atom stereocenters. The molecular weight excluding hydrogens is 252 g/mol. The predicted octanol–water partition coefficient (Wildman–Crippen LogP) is 2.88. The molecule has 0 saturated carbocycles. The average Bonchev–Trinajstić information content (AvgIpc) is 2.48. The highest BCUT2D eigenvalue weighted by atomic mass is 16.5. The van der Waals surface area contributed by atoms with Crippen LogP contribution in [0.1, 0.15) is 20.3 Å². The number of ether oxygens (including phenoxy) is 1. The van der Waals surface area contributed by atoms with Crippen LogP contribution in [0.5, 0.6) is 0 Å². The van der Waals surface area contributed by atoms with Crippen LogP contribution < -0.4 is 0 Å². The Morgan fingerprint density at radius 1 is 1.40 bits per heavy atom. The summed E-state index contributed by atoms with van der Waals surface area (Å²) in [5.41, 5.74) is 0.530. The highest BCUT2D eigenvalue weighted by Crippen LogP contribution is 2.18. The monoisotopic (exact) mass is 276 g/mol. The van der Waals surface area contributed by atoms with Gasteiger partial charge in [0.15, 0.2) is 0 Å². The second kappa shape index (κ2) is 8.25. The molecule has 0 saturated heterocycles. The van der Waals surface area contributed by atoms with E-state index < -0.39 is 0 Å². The van der Waals surface area contributed by atoms with E-state index in [4.69, 9.17) is 4.74 Å². The average molecular weight is 276 g/mol. The van der Waals surface area contributed by atoms with Crippen molar-refractivity contribution in [2.45, 2.75) is 20.3 Å². The summed E-state index contributed by atoms with van der Waals surface area (Å²) in [5.74, 6) is 0.125. The molecule has 0 fully saturated rings. The summed E-state index contributed by atoms with van der Waals surface area (Å²) in [6.45, 7) is 8.60. The van der Waals surface area contributed by atoms with Gasteiger partial charge >= 0.3 is 5.97 Å². The summed E-state index contributed by atoms with van der Waals surface area (Å²) in [6.07, 6.45) is 12.6. The fraction of sp³-hybridized carbons (Fsp3) is 0.438. The van der Waals surface area contributed by atoms with Gasteiger partial charge in [0.1, 0.15) is 5.70 Å². The Labute approximate surface area is 121 Å². The van der Waals surface area contributed by atoms with Crippen LogP contribution in [0.2, 0.25) is 0 Å². The SMILES string of the molecule is C=CN(C)C/C=C(\C(=O)OCC)N1C=CC(CC)C=C1. The number of hydrogen-bond acceptors (Lipinski definition) is 4. The molecule has 0 amide bonds. The van der Waals surface area contributed by atoms with Gasteiger partial charge < -0.3 is 14.5 Å². The van der Waals surface area contributed by atoms with E-state index in [0.29, 0.717) is 24.8 Å². The van der Waals surface area contributed by atoms with E-state index in [0.717, 1.165) is 6.42 Å². The molecule has 0 radical (unpaired) electrons. The summed E-state index contributed by atoms with van der Waals surface area (Å²) >= 11 is 0. The lowest BCUT2D eigenvalue weighted by atomic mass is 10.1. The first-order chi connectivity index (χ1) is 9.62. The van der Waals surface area contributed by atoms with Gasteiger partial charge in [-0.3, -0.25) is 0 Å². The minimum absolute atomic E-state index is 0.311. The Balaban J connectivity index is 2.85. The first kappa shape index (κ1) is 16.1. The lowest BCUT2D eigenvalue weighted by Gasteiger charge is -2.23. The van der Waals surface area contributed by atoms with E-state index >= 15 is 0 Å². The van der Waals surface area contributed by atoms with Crippen molar-refractivity contribution < 1.29 is 9.53 Å². The third-order valence-electron chi connectivity index (χ3n) is 3.11. The Hall–Kier alpha value is -1.97. The Bertz CT molecular complexity index is 410. The van der Waals surface area contributed by atoms with Crippen LogP contribution in [-0.2, 0) is 9.53 Å². The minimum Gasteiger partial charge on any atom is -0.461 e. The second-order valence-electron chi connectivity index (χ2n) is 4.59. The summed E-state index contributed by atoms with van der Waals surface area (Å²) < 4.78 is 5.12.